The molecule has 0 saturated heterocycles. The average molecular weight is 330 g/mol. The molecule has 2 rings (SSSR count). The summed E-state index contributed by atoms with van der Waals surface area (Å²) in [5, 5.41) is 22.9. The van der Waals surface area contributed by atoms with Gasteiger partial charge in [0, 0.05) is 5.56 Å². The summed E-state index contributed by atoms with van der Waals surface area (Å²) in [6.07, 6.45) is 1.55. The molecule has 3 N–H and O–H groups in total. The van der Waals surface area contributed by atoms with Gasteiger partial charge in [0.1, 0.15) is 5.75 Å². The molecule has 0 heterocycles. The van der Waals surface area contributed by atoms with Crippen molar-refractivity contribution in [3.8, 4) is 23.0 Å². The fourth-order valence-electron chi connectivity index (χ4n) is 2.01. The monoisotopic (exact) mass is 330 g/mol. The van der Waals surface area contributed by atoms with Gasteiger partial charge >= 0.3 is 0 Å². The Balaban J connectivity index is 2.00. The van der Waals surface area contributed by atoms with Crippen molar-refractivity contribution < 1.29 is 24.5 Å². The predicted octanol–water partition coefficient (Wildman–Crippen LogP) is 1.81. The number of hydrogen-bond acceptors (Lipinski definition) is 6. The molecular formula is C17H18N2O5. The summed E-state index contributed by atoms with van der Waals surface area (Å²) < 4.78 is 10.1. The molecule has 0 atom stereocenters. The highest BCUT2D eigenvalue weighted by atomic mass is 16.5. The summed E-state index contributed by atoms with van der Waals surface area (Å²) in [6, 6.07) is 9.48. The van der Waals surface area contributed by atoms with E-state index in [-0.39, 0.29) is 35.3 Å². The van der Waals surface area contributed by atoms with E-state index < -0.39 is 0 Å². The minimum atomic E-state index is -0.297. The number of carbonyl (C=O) groups excluding carboxylic acids is 1. The van der Waals surface area contributed by atoms with Crippen LogP contribution in [0, 0.1) is 0 Å². The van der Waals surface area contributed by atoms with Crippen LogP contribution in [0.25, 0.3) is 0 Å². The number of phenolic OH excluding ortho intramolecular Hbond substituents is 2. The lowest BCUT2D eigenvalue weighted by atomic mass is 10.1. The number of aromatic hydroxyl groups is 2. The third-order valence-electron chi connectivity index (χ3n) is 3.21. The molecule has 0 fully saturated rings. The van der Waals surface area contributed by atoms with Gasteiger partial charge in [-0.15, -0.1) is 0 Å². The van der Waals surface area contributed by atoms with Gasteiger partial charge < -0.3 is 19.7 Å². The number of nitrogens with zero attached hydrogens (tertiary/aromatic N) is 1. The second kappa shape index (κ2) is 7.87. The normalized spacial score (nSPS) is 10.6. The molecule has 2 aromatic rings. The number of amides is 1. The van der Waals surface area contributed by atoms with Gasteiger partial charge in [0.25, 0.3) is 0 Å². The minimum Gasteiger partial charge on any atom is -0.508 e. The number of hydrogen-bond donors (Lipinski definition) is 3. The number of methoxy groups -OCH3 is 2. The fourth-order valence-corrected chi connectivity index (χ4v) is 2.01. The summed E-state index contributed by atoms with van der Waals surface area (Å²) in [5.41, 5.74) is 3.75. The van der Waals surface area contributed by atoms with Crippen molar-refractivity contribution in [2.75, 3.05) is 14.2 Å². The zero-order valence-electron chi connectivity index (χ0n) is 13.3. The lowest BCUT2D eigenvalue weighted by molar-refractivity contribution is -0.120. The van der Waals surface area contributed by atoms with Gasteiger partial charge in [0.2, 0.25) is 11.7 Å². The number of rotatable bonds is 6. The Morgan fingerprint density at radius 3 is 2.25 bits per heavy atom. The van der Waals surface area contributed by atoms with E-state index in [2.05, 4.69) is 10.5 Å². The first-order valence-corrected chi connectivity index (χ1v) is 7.08. The van der Waals surface area contributed by atoms with E-state index >= 15 is 0 Å². The van der Waals surface area contributed by atoms with Crippen molar-refractivity contribution in [2.24, 2.45) is 5.10 Å². The van der Waals surface area contributed by atoms with Gasteiger partial charge in [-0.25, -0.2) is 5.43 Å². The summed E-state index contributed by atoms with van der Waals surface area (Å²) in [6.45, 7) is 0. The maximum Gasteiger partial charge on any atom is 0.244 e. The van der Waals surface area contributed by atoms with Crippen LogP contribution in [-0.4, -0.2) is 36.6 Å². The predicted molar refractivity (Wildman–Crippen MR) is 88.8 cm³/mol. The Labute approximate surface area is 139 Å². The van der Waals surface area contributed by atoms with Gasteiger partial charge in [-0.2, -0.15) is 5.10 Å². The van der Waals surface area contributed by atoms with Gasteiger partial charge in [-0.05, 0) is 29.8 Å². The molecular weight excluding hydrogens is 312 g/mol. The molecule has 7 heteroatoms. The SMILES string of the molecule is COc1cc(/C=N\NC(=O)Cc2ccc(O)cc2)cc(OC)c1O. The quantitative estimate of drug-likeness (QED) is 0.554. The molecule has 2 aromatic carbocycles. The first-order chi connectivity index (χ1) is 11.5. The number of phenols is 2. The molecule has 0 aliphatic carbocycles. The molecule has 0 spiro atoms. The minimum absolute atomic E-state index is 0.103. The first kappa shape index (κ1) is 17.1. The Kier molecular flexibility index (Phi) is 5.62. The van der Waals surface area contributed by atoms with E-state index in [1.54, 1.807) is 24.3 Å². The number of hydrazone groups is 1. The summed E-state index contributed by atoms with van der Waals surface area (Å²) in [5.74, 6) is 0.230. The average Bonchev–Trinajstić information content (AvgIpc) is 2.58. The smallest absolute Gasteiger partial charge is 0.244 e. The summed E-state index contributed by atoms with van der Waals surface area (Å²) in [4.78, 5) is 11.8. The molecule has 0 aromatic heterocycles. The van der Waals surface area contributed by atoms with Crippen molar-refractivity contribution in [1.29, 1.82) is 0 Å². The van der Waals surface area contributed by atoms with Crippen LogP contribution in [0.3, 0.4) is 0 Å². The second-order valence-corrected chi connectivity index (χ2v) is 4.91. The van der Waals surface area contributed by atoms with Gasteiger partial charge in [-0.3, -0.25) is 4.79 Å². The first-order valence-electron chi connectivity index (χ1n) is 7.08. The van der Waals surface area contributed by atoms with E-state index in [1.807, 2.05) is 0 Å². The van der Waals surface area contributed by atoms with Crippen LogP contribution in [0.1, 0.15) is 11.1 Å². The molecule has 0 aliphatic rings. The van der Waals surface area contributed by atoms with Crippen LogP contribution in [0.4, 0.5) is 0 Å². The lowest BCUT2D eigenvalue weighted by Crippen LogP contribution is -2.19. The Morgan fingerprint density at radius 1 is 1.12 bits per heavy atom. The van der Waals surface area contributed by atoms with Crippen molar-refractivity contribution in [3.63, 3.8) is 0 Å². The lowest BCUT2D eigenvalue weighted by Gasteiger charge is -2.09. The number of nitrogens with one attached hydrogen (secondary N) is 1. The molecule has 1 amide bonds. The fraction of sp³-hybridized carbons (Fsp3) is 0.176. The highest BCUT2D eigenvalue weighted by Crippen LogP contribution is 2.36. The number of benzene rings is 2. The molecule has 7 nitrogen and oxygen atoms in total. The summed E-state index contributed by atoms with van der Waals surface area (Å²) >= 11 is 0. The maximum atomic E-state index is 11.8. The van der Waals surface area contributed by atoms with E-state index in [9.17, 15) is 15.0 Å². The summed E-state index contributed by atoms with van der Waals surface area (Å²) in [7, 11) is 2.85. The third kappa shape index (κ3) is 4.39. The van der Waals surface area contributed by atoms with Crippen molar-refractivity contribution in [3.05, 3.63) is 47.5 Å². The topological polar surface area (TPSA) is 100 Å². The van der Waals surface area contributed by atoms with Crippen LogP contribution in [0.5, 0.6) is 23.0 Å². The largest absolute Gasteiger partial charge is 0.508 e. The van der Waals surface area contributed by atoms with Gasteiger partial charge in [-0.1, -0.05) is 12.1 Å². The Hall–Kier alpha value is -3.22. The third-order valence-corrected chi connectivity index (χ3v) is 3.21. The van der Waals surface area contributed by atoms with Gasteiger partial charge in [0.05, 0.1) is 26.9 Å². The molecule has 0 radical (unpaired) electrons. The van der Waals surface area contributed by atoms with Crippen LogP contribution >= 0.6 is 0 Å². The maximum absolute atomic E-state index is 11.8. The standard InChI is InChI=1S/C17H18N2O5/c1-23-14-7-12(8-15(24-2)17(14)22)10-18-19-16(21)9-11-3-5-13(20)6-4-11/h3-8,10,20,22H,9H2,1-2H3,(H,19,21)/b18-10-. The van der Waals surface area contributed by atoms with Crippen molar-refractivity contribution in [1.82, 2.24) is 5.43 Å². The highest BCUT2D eigenvalue weighted by Gasteiger charge is 2.10. The molecule has 0 aliphatic heterocycles. The van der Waals surface area contributed by atoms with Crippen LogP contribution in [0.2, 0.25) is 0 Å². The zero-order valence-corrected chi connectivity index (χ0v) is 13.3. The van der Waals surface area contributed by atoms with Crippen LogP contribution in [-0.2, 0) is 11.2 Å². The van der Waals surface area contributed by atoms with Crippen LogP contribution < -0.4 is 14.9 Å². The molecule has 24 heavy (non-hydrogen) atoms. The van der Waals surface area contributed by atoms with E-state index in [4.69, 9.17) is 9.47 Å². The van der Waals surface area contributed by atoms with Gasteiger partial charge in [0.15, 0.2) is 11.5 Å². The van der Waals surface area contributed by atoms with E-state index in [0.717, 1.165) is 5.56 Å². The zero-order chi connectivity index (χ0) is 17.5. The Morgan fingerprint density at radius 2 is 1.71 bits per heavy atom. The van der Waals surface area contributed by atoms with E-state index in [1.165, 1.54) is 32.6 Å². The van der Waals surface area contributed by atoms with E-state index in [0.29, 0.717) is 5.56 Å². The van der Waals surface area contributed by atoms with Crippen molar-refractivity contribution >= 4 is 12.1 Å². The molecule has 0 saturated carbocycles. The number of carbonyl (C=O) groups is 1. The molecule has 0 bridgehead atoms. The second-order valence-electron chi connectivity index (χ2n) is 4.91. The van der Waals surface area contributed by atoms with Crippen molar-refractivity contribution in [2.45, 2.75) is 6.42 Å². The Bertz CT molecular complexity index is 716. The molecule has 0 unspecified atom stereocenters. The highest BCUT2D eigenvalue weighted by molar-refractivity contribution is 5.84. The number of ether oxygens (including phenoxy) is 2. The van der Waals surface area contributed by atoms with Crippen LogP contribution in [0.15, 0.2) is 41.5 Å². The molecule has 126 valence electrons.